The Hall–Kier alpha value is -1.60. The van der Waals surface area contributed by atoms with Crippen LogP contribution >= 0.6 is 0 Å². The van der Waals surface area contributed by atoms with Gasteiger partial charge in [-0.3, -0.25) is 0 Å². The maximum absolute atomic E-state index is 8.66. The number of nitrogens with one attached hydrogen (secondary N) is 1. The van der Waals surface area contributed by atoms with Gasteiger partial charge in [0.15, 0.2) is 0 Å². The van der Waals surface area contributed by atoms with Crippen molar-refractivity contribution in [2.45, 2.75) is 20.3 Å². The molecule has 0 aromatic carbocycles. The minimum Gasteiger partial charge on any atom is -0.385 e. The summed E-state index contributed by atoms with van der Waals surface area (Å²) in [6.07, 6.45) is 2.57. The minimum absolute atomic E-state index is 0.158. The number of nitriles is 1. The molecule has 92 valence electrons. The van der Waals surface area contributed by atoms with Crippen LogP contribution in [0.4, 0.5) is 5.82 Å². The van der Waals surface area contributed by atoms with Crippen LogP contribution in [0, 0.1) is 16.7 Å². The number of anilines is 1. The van der Waals surface area contributed by atoms with Crippen molar-refractivity contribution in [2.75, 3.05) is 25.6 Å². The van der Waals surface area contributed by atoms with Gasteiger partial charge in [0.25, 0.3) is 0 Å². The largest absolute Gasteiger partial charge is 0.385 e. The van der Waals surface area contributed by atoms with E-state index < -0.39 is 0 Å². The zero-order chi connectivity index (χ0) is 12.7. The molecule has 0 unspecified atom stereocenters. The van der Waals surface area contributed by atoms with Crippen LogP contribution in [0.1, 0.15) is 25.8 Å². The molecule has 0 saturated heterocycles. The van der Waals surface area contributed by atoms with Gasteiger partial charge in [0, 0.05) is 26.5 Å². The topological polar surface area (TPSA) is 57.9 Å². The van der Waals surface area contributed by atoms with E-state index in [2.05, 4.69) is 24.1 Å². The molecule has 1 N–H and O–H groups in total. The fraction of sp³-hybridized carbons (Fsp3) is 0.538. The molecule has 0 radical (unpaired) electrons. The van der Waals surface area contributed by atoms with Gasteiger partial charge in [-0.25, -0.2) is 4.98 Å². The first-order valence-electron chi connectivity index (χ1n) is 5.66. The second kappa shape index (κ2) is 6.21. The van der Waals surface area contributed by atoms with Crippen LogP contribution in [-0.2, 0) is 4.74 Å². The second-order valence-corrected chi connectivity index (χ2v) is 4.80. The van der Waals surface area contributed by atoms with Crippen molar-refractivity contribution in [2.24, 2.45) is 5.41 Å². The van der Waals surface area contributed by atoms with Crippen molar-refractivity contribution in [3.8, 4) is 6.07 Å². The molecular weight excluding hydrogens is 214 g/mol. The molecular formula is C13H19N3O. The van der Waals surface area contributed by atoms with Crippen molar-refractivity contribution >= 4 is 5.82 Å². The van der Waals surface area contributed by atoms with E-state index >= 15 is 0 Å². The highest BCUT2D eigenvalue weighted by Crippen LogP contribution is 2.20. The molecule has 0 saturated carbocycles. The summed E-state index contributed by atoms with van der Waals surface area (Å²) in [6.45, 7) is 5.95. The molecule has 0 fully saturated rings. The number of nitrogens with zero attached hydrogens (tertiary/aromatic N) is 2. The summed E-state index contributed by atoms with van der Waals surface area (Å²) in [7, 11) is 1.71. The van der Waals surface area contributed by atoms with Crippen molar-refractivity contribution in [3.05, 3.63) is 23.9 Å². The zero-order valence-electron chi connectivity index (χ0n) is 10.7. The van der Waals surface area contributed by atoms with Crippen molar-refractivity contribution in [3.63, 3.8) is 0 Å². The normalized spacial score (nSPS) is 10.9. The van der Waals surface area contributed by atoms with E-state index in [1.54, 1.807) is 19.4 Å². The molecule has 1 aromatic rings. The van der Waals surface area contributed by atoms with E-state index in [4.69, 9.17) is 10.00 Å². The number of ether oxygens (including phenoxy) is 1. The van der Waals surface area contributed by atoms with Crippen LogP contribution in [-0.4, -0.2) is 25.2 Å². The lowest BCUT2D eigenvalue weighted by molar-refractivity contribution is 0.157. The molecule has 0 spiro atoms. The Morgan fingerprint density at radius 3 is 2.76 bits per heavy atom. The Kier molecular flexibility index (Phi) is 4.92. The average molecular weight is 233 g/mol. The van der Waals surface area contributed by atoms with Crippen molar-refractivity contribution in [1.29, 1.82) is 5.26 Å². The maximum atomic E-state index is 8.66. The molecule has 1 aromatic heterocycles. The monoisotopic (exact) mass is 233 g/mol. The van der Waals surface area contributed by atoms with Crippen LogP contribution in [0.2, 0.25) is 0 Å². The smallest absolute Gasteiger partial charge is 0.125 e. The van der Waals surface area contributed by atoms with E-state index in [0.717, 1.165) is 25.4 Å². The molecule has 0 aliphatic heterocycles. The van der Waals surface area contributed by atoms with E-state index in [1.165, 1.54) is 0 Å². The summed E-state index contributed by atoms with van der Waals surface area (Å²) in [5, 5.41) is 11.9. The second-order valence-electron chi connectivity index (χ2n) is 4.80. The Morgan fingerprint density at radius 2 is 2.24 bits per heavy atom. The van der Waals surface area contributed by atoms with Gasteiger partial charge in [-0.1, -0.05) is 13.8 Å². The first-order valence-corrected chi connectivity index (χ1v) is 5.66. The van der Waals surface area contributed by atoms with Gasteiger partial charge in [-0.2, -0.15) is 5.26 Å². The Morgan fingerprint density at radius 1 is 1.47 bits per heavy atom. The zero-order valence-corrected chi connectivity index (χ0v) is 10.7. The summed E-state index contributed by atoms with van der Waals surface area (Å²) in [5.74, 6) is 0.800. The highest BCUT2D eigenvalue weighted by atomic mass is 16.5. The molecule has 0 bridgehead atoms. The predicted molar refractivity (Wildman–Crippen MR) is 67.7 cm³/mol. The lowest BCUT2D eigenvalue weighted by Crippen LogP contribution is -2.24. The Balaban J connectivity index is 2.46. The van der Waals surface area contributed by atoms with Gasteiger partial charge < -0.3 is 10.1 Å². The van der Waals surface area contributed by atoms with Crippen LogP contribution in [0.5, 0.6) is 0 Å². The van der Waals surface area contributed by atoms with Crippen LogP contribution in [0.3, 0.4) is 0 Å². The maximum Gasteiger partial charge on any atom is 0.125 e. The molecule has 4 nitrogen and oxygen atoms in total. The van der Waals surface area contributed by atoms with Gasteiger partial charge in [-0.15, -0.1) is 0 Å². The van der Waals surface area contributed by atoms with Crippen LogP contribution in [0.25, 0.3) is 0 Å². The quantitative estimate of drug-likeness (QED) is 0.819. The molecule has 0 amide bonds. The van der Waals surface area contributed by atoms with Gasteiger partial charge in [0.1, 0.15) is 11.9 Å². The van der Waals surface area contributed by atoms with E-state index in [1.807, 2.05) is 12.1 Å². The molecule has 17 heavy (non-hydrogen) atoms. The Labute approximate surface area is 103 Å². The van der Waals surface area contributed by atoms with Crippen LogP contribution in [0.15, 0.2) is 18.3 Å². The van der Waals surface area contributed by atoms with Crippen molar-refractivity contribution in [1.82, 2.24) is 4.98 Å². The third kappa shape index (κ3) is 4.83. The van der Waals surface area contributed by atoms with Gasteiger partial charge in [-0.05, 0) is 24.0 Å². The number of hydrogen-bond acceptors (Lipinski definition) is 4. The fourth-order valence-corrected chi connectivity index (χ4v) is 1.36. The number of methoxy groups -OCH3 is 1. The lowest BCUT2D eigenvalue weighted by atomic mass is 9.90. The van der Waals surface area contributed by atoms with Gasteiger partial charge >= 0.3 is 0 Å². The molecule has 1 heterocycles. The highest BCUT2D eigenvalue weighted by Gasteiger charge is 2.17. The first kappa shape index (κ1) is 13.5. The van der Waals surface area contributed by atoms with Gasteiger partial charge in [0.05, 0.1) is 5.56 Å². The number of pyridine rings is 1. The minimum atomic E-state index is 0.158. The van der Waals surface area contributed by atoms with Crippen LogP contribution < -0.4 is 5.32 Å². The SMILES string of the molecule is COCCC(C)(C)CNc1ccc(C#N)cn1. The standard InChI is InChI=1S/C13H19N3O/c1-13(2,6-7-17-3)10-16-12-5-4-11(8-14)9-15-12/h4-5,9H,6-7,10H2,1-3H3,(H,15,16). The molecule has 4 heteroatoms. The summed E-state index contributed by atoms with van der Waals surface area (Å²) in [4.78, 5) is 4.17. The Bertz CT molecular complexity index is 379. The van der Waals surface area contributed by atoms with E-state index in [9.17, 15) is 0 Å². The first-order chi connectivity index (χ1) is 8.07. The van der Waals surface area contributed by atoms with Crippen molar-refractivity contribution < 1.29 is 4.74 Å². The molecule has 0 aliphatic rings. The highest BCUT2D eigenvalue weighted by molar-refractivity contribution is 5.39. The number of aromatic nitrogens is 1. The molecule has 0 atom stereocenters. The predicted octanol–water partition coefficient (Wildman–Crippen LogP) is 2.43. The molecule has 0 aliphatic carbocycles. The third-order valence-electron chi connectivity index (χ3n) is 2.62. The fourth-order valence-electron chi connectivity index (χ4n) is 1.36. The number of hydrogen-bond donors (Lipinski definition) is 1. The number of rotatable bonds is 6. The molecule has 1 rings (SSSR count). The lowest BCUT2D eigenvalue weighted by Gasteiger charge is -2.24. The summed E-state index contributed by atoms with van der Waals surface area (Å²) in [6, 6.07) is 5.63. The summed E-state index contributed by atoms with van der Waals surface area (Å²) < 4.78 is 5.08. The third-order valence-corrected chi connectivity index (χ3v) is 2.62. The van der Waals surface area contributed by atoms with Gasteiger partial charge in [0.2, 0.25) is 0 Å². The summed E-state index contributed by atoms with van der Waals surface area (Å²) >= 11 is 0. The van der Waals surface area contributed by atoms with E-state index in [-0.39, 0.29) is 5.41 Å². The average Bonchev–Trinajstić information content (AvgIpc) is 2.35. The van der Waals surface area contributed by atoms with E-state index in [0.29, 0.717) is 5.56 Å². The summed E-state index contributed by atoms with van der Waals surface area (Å²) in [5.41, 5.74) is 0.736.